The Kier molecular flexibility index (Phi) is 13.6. The largest absolute Gasteiger partial charge is 0.493 e. The Bertz CT molecular complexity index is 1250. The smallest absolute Gasteiger partial charge is 0.338 e. The summed E-state index contributed by atoms with van der Waals surface area (Å²) in [6, 6.07) is 20.7. The minimum absolute atomic E-state index is 0.347. The molecule has 3 rings (SSSR count). The number of nitrogens with zero attached hydrogens (tertiary/aromatic N) is 2. The average Bonchev–Trinajstić information content (AvgIpc) is 2.99. The van der Waals surface area contributed by atoms with E-state index in [0.717, 1.165) is 34.7 Å². The highest BCUT2D eigenvalue weighted by atomic mass is 16.5. The third kappa shape index (κ3) is 11.2. The summed E-state index contributed by atoms with van der Waals surface area (Å²) in [7, 11) is 1.67. The number of methoxy groups -OCH3 is 1. The number of rotatable bonds is 18. The molecule has 0 N–H and O–H groups in total. The number of carbonyl (C=O) groups is 1. The number of unbranched alkanes of at least 4 members (excludes halogenated alkanes) is 9. The minimum Gasteiger partial charge on any atom is -0.493 e. The summed E-state index contributed by atoms with van der Waals surface area (Å²) in [4.78, 5) is 11.6. The number of hydrogen-bond donors (Lipinski definition) is 0. The molecule has 6 nitrogen and oxygen atoms in total. The number of benzene rings is 3. The van der Waals surface area contributed by atoms with E-state index in [4.69, 9.17) is 14.2 Å². The van der Waals surface area contributed by atoms with Crippen molar-refractivity contribution in [2.45, 2.75) is 78.1 Å². The number of esters is 1. The van der Waals surface area contributed by atoms with Crippen LogP contribution in [0.25, 0.3) is 11.1 Å². The third-order valence-electron chi connectivity index (χ3n) is 6.80. The van der Waals surface area contributed by atoms with Gasteiger partial charge in [0.15, 0.2) is 11.5 Å². The van der Waals surface area contributed by atoms with Gasteiger partial charge in [0, 0.05) is 5.57 Å². The van der Waals surface area contributed by atoms with Crippen LogP contribution in [0.3, 0.4) is 0 Å². The maximum Gasteiger partial charge on any atom is 0.338 e. The summed E-state index contributed by atoms with van der Waals surface area (Å²) in [5.41, 5.74) is 3.82. The Balaban J connectivity index is 1.45. The number of ether oxygens (including phenoxy) is 3. The van der Waals surface area contributed by atoms with Gasteiger partial charge in [-0.05, 0) is 73.0 Å². The Morgan fingerprint density at radius 3 is 1.80 bits per heavy atom. The van der Waals surface area contributed by atoms with E-state index < -0.39 is 5.97 Å². The van der Waals surface area contributed by atoms with Crippen LogP contribution in [0.15, 0.2) is 89.1 Å². The highest BCUT2D eigenvalue weighted by molar-refractivity contribution is 5.88. The maximum absolute atomic E-state index is 11.6. The second kappa shape index (κ2) is 17.7. The second-order valence-corrected chi connectivity index (χ2v) is 10.3. The van der Waals surface area contributed by atoms with Crippen LogP contribution in [0.4, 0.5) is 11.4 Å². The van der Waals surface area contributed by atoms with Gasteiger partial charge in [-0.1, -0.05) is 89.5 Å². The van der Waals surface area contributed by atoms with Crippen molar-refractivity contribution in [3.8, 4) is 28.4 Å². The summed E-state index contributed by atoms with van der Waals surface area (Å²) in [6.45, 7) is 8.15. The predicted octanol–water partition coefficient (Wildman–Crippen LogP) is 10.6. The van der Waals surface area contributed by atoms with E-state index in [0.29, 0.717) is 23.6 Å². The van der Waals surface area contributed by atoms with Crippen LogP contribution in [-0.4, -0.2) is 19.7 Å². The lowest BCUT2D eigenvalue weighted by Gasteiger charge is -2.12. The number of hydrogen-bond acceptors (Lipinski definition) is 6. The second-order valence-electron chi connectivity index (χ2n) is 10.3. The number of azo groups is 1. The Morgan fingerprint density at radius 1 is 0.707 bits per heavy atom. The highest BCUT2D eigenvalue weighted by Crippen LogP contribution is 2.33. The molecule has 0 aliphatic carbocycles. The molecule has 0 saturated carbocycles. The topological polar surface area (TPSA) is 69.5 Å². The van der Waals surface area contributed by atoms with Crippen molar-refractivity contribution in [3.05, 3.63) is 78.9 Å². The van der Waals surface area contributed by atoms with Gasteiger partial charge in [-0.25, -0.2) is 4.79 Å². The molecule has 3 aromatic rings. The number of carbonyl (C=O) groups excluding carboxylic acids is 1. The maximum atomic E-state index is 11.6. The molecule has 0 aliphatic rings. The first-order valence-corrected chi connectivity index (χ1v) is 14.8. The van der Waals surface area contributed by atoms with E-state index in [1.165, 1.54) is 57.8 Å². The molecule has 0 heterocycles. The first-order chi connectivity index (χ1) is 20.0. The summed E-state index contributed by atoms with van der Waals surface area (Å²) < 4.78 is 16.9. The summed E-state index contributed by atoms with van der Waals surface area (Å²) >= 11 is 0. The summed E-state index contributed by atoms with van der Waals surface area (Å²) in [5, 5.41) is 8.59. The summed E-state index contributed by atoms with van der Waals surface area (Å²) in [6.07, 6.45) is 13.1. The van der Waals surface area contributed by atoms with Crippen molar-refractivity contribution in [1.29, 1.82) is 0 Å². The molecule has 0 fully saturated rings. The van der Waals surface area contributed by atoms with Gasteiger partial charge >= 0.3 is 5.97 Å². The SMILES string of the molecule is C=C(C)C(=O)Oc1ccc(N=Nc2ccc(-c3ccc(OCCCCCCCCCCCC)c(OC)c3)cc2)cc1. The Labute approximate surface area is 245 Å². The van der Waals surface area contributed by atoms with E-state index in [2.05, 4.69) is 29.8 Å². The molecule has 0 unspecified atom stereocenters. The third-order valence-corrected chi connectivity index (χ3v) is 6.80. The first kappa shape index (κ1) is 31.6. The molecular weight excluding hydrogens is 512 g/mol. The van der Waals surface area contributed by atoms with Gasteiger partial charge < -0.3 is 14.2 Å². The zero-order valence-electron chi connectivity index (χ0n) is 24.9. The highest BCUT2D eigenvalue weighted by Gasteiger charge is 2.08. The van der Waals surface area contributed by atoms with Gasteiger partial charge in [-0.2, -0.15) is 10.2 Å². The van der Waals surface area contributed by atoms with Gasteiger partial charge in [0.1, 0.15) is 5.75 Å². The van der Waals surface area contributed by atoms with Gasteiger partial charge in [0.05, 0.1) is 25.1 Å². The molecule has 0 atom stereocenters. The molecule has 0 bridgehead atoms. The van der Waals surface area contributed by atoms with E-state index in [1.807, 2.05) is 36.4 Å². The monoisotopic (exact) mass is 556 g/mol. The fourth-order valence-electron chi connectivity index (χ4n) is 4.35. The van der Waals surface area contributed by atoms with Crippen molar-refractivity contribution >= 4 is 17.3 Å². The zero-order valence-corrected chi connectivity index (χ0v) is 24.9. The van der Waals surface area contributed by atoms with Crippen molar-refractivity contribution in [2.75, 3.05) is 13.7 Å². The van der Waals surface area contributed by atoms with Crippen LogP contribution < -0.4 is 14.2 Å². The van der Waals surface area contributed by atoms with E-state index in [-0.39, 0.29) is 0 Å². The normalized spacial score (nSPS) is 11.0. The average molecular weight is 557 g/mol. The Hall–Kier alpha value is -3.93. The molecule has 0 saturated heterocycles. The van der Waals surface area contributed by atoms with Crippen LogP contribution in [-0.2, 0) is 4.79 Å². The quantitative estimate of drug-likeness (QED) is 0.0514. The van der Waals surface area contributed by atoms with Crippen LogP contribution in [0.5, 0.6) is 17.2 Å². The fourth-order valence-corrected chi connectivity index (χ4v) is 4.35. The molecule has 0 aliphatic heterocycles. The van der Waals surface area contributed by atoms with Crippen LogP contribution in [0, 0.1) is 0 Å². The van der Waals surface area contributed by atoms with Gasteiger partial charge in [-0.15, -0.1) is 0 Å². The lowest BCUT2D eigenvalue weighted by atomic mass is 10.0. The zero-order chi connectivity index (χ0) is 29.3. The summed E-state index contributed by atoms with van der Waals surface area (Å²) in [5.74, 6) is 1.49. The minimum atomic E-state index is -0.455. The van der Waals surface area contributed by atoms with Gasteiger partial charge in [-0.3, -0.25) is 0 Å². The predicted molar refractivity (Wildman–Crippen MR) is 167 cm³/mol. The van der Waals surface area contributed by atoms with Crippen LogP contribution in [0.1, 0.15) is 78.1 Å². The molecule has 0 radical (unpaired) electrons. The lowest BCUT2D eigenvalue weighted by Crippen LogP contribution is -2.07. The van der Waals surface area contributed by atoms with Crippen molar-refractivity contribution in [3.63, 3.8) is 0 Å². The van der Waals surface area contributed by atoms with Crippen molar-refractivity contribution in [2.24, 2.45) is 10.2 Å². The fraction of sp³-hybridized carbons (Fsp3) is 0.400. The molecule has 41 heavy (non-hydrogen) atoms. The van der Waals surface area contributed by atoms with Crippen LogP contribution in [0.2, 0.25) is 0 Å². The molecular formula is C35H44N2O4. The molecule has 0 spiro atoms. The molecule has 0 amide bonds. The van der Waals surface area contributed by atoms with Gasteiger partial charge in [0.2, 0.25) is 0 Å². The van der Waals surface area contributed by atoms with Crippen molar-refractivity contribution in [1.82, 2.24) is 0 Å². The Morgan fingerprint density at radius 2 is 1.24 bits per heavy atom. The first-order valence-electron chi connectivity index (χ1n) is 14.8. The lowest BCUT2D eigenvalue weighted by molar-refractivity contribution is -0.130. The molecule has 0 aromatic heterocycles. The molecule has 3 aromatic carbocycles. The molecule has 218 valence electrons. The van der Waals surface area contributed by atoms with E-state index in [9.17, 15) is 4.79 Å². The molecule has 6 heteroatoms. The van der Waals surface area contributed by atoms with E-state index >= 15 is 0 Å². The van der Waals surface area contributed by atoms with Crippen molar-refractivity contribution < 1.29 is 19.0 Å². The van der Waals surface area contributed by atoms with Crippen LogP contribution >= 0.6 is 0 Å². The standard InChI is InChI=1S/C35H44N2O4/c1-5-6-7-8-9-10-11-12-13-14-25-40-33-24-17-29(26-34(33)39-4)28-15-18-30(19-16-28)36-37-31-20-22-32(23-21-31)41-35(38)27(2)3/h15-24,26H,2,5-14,25H2,1,3-4H3. The van der Waals surface area contributed by atoms with Gasteiger partial charge in [0.25, 0.3) is 0 Å². The van der Waals surface area contributed by atoms with E-state index in [1.54, 1.807) is 38.3 Å².